The van der Waals surface area contributed by atoms with Gasteiger partial charge in [-0.05, 0) is 36.6 Å². The van der Waals surface area contributed by atoms with E-state index in [4.69, 9.17) is 0 Å². The lowest BCUT2D eigenvalue weighted by Crippen LogP contribution is -2.24. The highest BCUT2D eigenvalue weighted by Crippen LogP contribution is 2.08. The van der Waals surface area contributed by atoms with Crippen molar-refractivity contribution in [1.82, 2.24) is 15.3 Å². The fourth-order valence-corrected chi connectivity index (χ4v) is 1.80. The van der Waals surface area contributed by atoms with Gasteiger partial charge in [0.15, 0.2) is 0 Å². The lowest BCUT2D eigenvalue weighted by atomic mass is 10.1. The topological polar surface area (TPSA) is 54.9 Å². The Morgan fingerprint density at radius 2 is 2.11 bits per heavy atom. The number of aromatic nitrogens is 2. The van der Waals surface area contributed by atoms with Crippen LogP contribution in [0.3, 0.4) is 0 Å². The van der Waals surface area contributed by atoms with Crippen LogP contribution in [0, 0.1) is 6.92 Å². The molecule has 0 radical (unpaired) electrons. The summed E-state index contributed by atoms with van der Waals surface area (Å²) in [5, 5.41) is 2.88. The Hall–Kier alpha value is -2.23. The molecule has 0 aliphatic rings. The van der Waals surface area contributed by atoms with Crippen LogP contribution in [0.4, 0.5) is 0 Å². The minimum atomic E-state index is -0.0818. The van der Waals surface area contributed by atoms with Crippen molar-refractivity contribution in [3.05, 3.63) is 59.2 Å². The summed E-state index contributed by atoms with van der Waals surface area (Å²) in [5.41, 5.74) is 3.60. The molecule has 98 valence electrons. The molecule has 2 aromatic rings. The van der Waals surface area contributed by atoms with Crippen molar-refractivity contribution in [2.75, 3.05) is 0 Å². The number of rotatable bonds is 4. The van der Waals surface area contributed by atoms with E-state index in [2.05, 4.69) is 15.3 Å². The third-order valence-electron chi connectivity index (χ3n) is 2.93. The molecular formula is C15H17N3O. The fourth-order valence-electron chi connectivity index (χ4n) is 1.80. The van der Waals surface area contributed by atoms with E-state index >= 15 is 0 Å². The molecule has 0 aliphatic carbocycles. The highest BCUT2D eigenvalue weighted by molar-refractivity contribution is 5.95. The van der Waals surface area contributed by atoms with Gasteiger partial charge in [-0.3, -0.25) is 14.8 Å². The summed E-state index contributed by atoms with van der Waals surface area (Å²) < 4.78 is 0. The number of amides is 1. The monoisotopic (exact) mass is 255 g/mol. The number of pyridine rings is 2. The second-order valence-corrected chi connectivity index (χ2v) is 4.40. The molecular weight excluding hydrogens is 238 g/mol. The van der Waals surface area contributed by atoms with Gasteiger partial charge in [0.05, 0.1) is 12.2 Å². The second kappa shape index (κ2) is 6.09. The minimum Gasteiger partial charge on any atom is -0.346 e. The number of nitrogens with zero attached hydrogens (tertiary/aromatic N) is 2. The Kier molecular flexibility index (Phi) is 4.23. The Morgan fingerprint density at radius 3 is 2.79 bits per heavy atom. The average Bonchev–Trinajstić information content (AvgIpc) is 2.46. The van der Waals surface area contributed by atoms with Gasteiger partial charge in [-0.15, -0.1) is 0 Å². The first-order chi connectivity index (χ1) is 9.20. The molecule has 2 rings (SSSR count). The van der Waals surface area contributed by atoms with Crippen molar-refractivity contribution in [3.8, 4) is 0 Å². The molecule has 0 spiro atoms. The summed E-state index contributed by atoms with van der Waals surface area (Å²) in [6, 6.07) is 5.65. The first-order valence-corrected chi connectivity index (χ1v) is 6.33. The maximum Gasteiger partial charge on any atom is 0.251 e. The summed E-state index contributed by atoms with van der Waals surface area (Å²) in [5.74, 6) is -0.0818. The number of carbonyl (C=O) groups excluding carboxylic acids is 1. The van der Waals surface area contributed by atoms with E-state index in [1.807, 2.05) is 26.0 Å². The SMILES string of the molecule is CCc1cnccc1C(=O)NCc1ccc(C)cn1. The molecule has 1 amide bonds. The second-order valence-electron chi connectivity index (χ2n) is 4.40. The molecule has 19 heavy (non-hydrogen) atoms. The minimum absolute atomic E-state index is 0.0818. The summed E-state index contributed by atoms with van der Waals surface area (Å²) in [6.07, 6.45) is 5.96. The first kappa shape index (κ1) is 13.2. The van der Waals surface area contributed by atoms with Crippen molar-refractivity contribution in [3.63, 3.8) is 0 Å². The number of hydrogen-bond donors (Lipinski definition) is 1. The van der Waals surface area contributed by atoms with Gasteiger partial charge in [-0.25, -0.2) is 0 Å². The maximum atomic E-state index is 12.1. The van der Waals surface area contributed by atoms with E-state index in [-0.39, 0.29) is 5.91 Å². The van der Waals surface area contributed by atoms with Crippen LogP contribution >= 0.6 is 0 Å². The van der Waals surface area contributed by atoms with Crippen LogP contribution in [0.2, 0.25) is 0 Å². The first-order valence-electron chi connectivity index (χ1n) is 6.33. The van der Waals surface area contributed by atoms with Crippen LogP contribution in [-0.4, -0.2) is 15.9 Å². The van der Waals surface area contributed by atoms with Gasteiger partial charge in [0.25, 0.3) is 5.91 Å². The fraction of sp³-hybridized carbons (Fsp3) is 0.267. The highest BCUT2D eigenvalue weighted by Gasteiger charge is 2.09. The van der Waals surface area contributed by atoms with E-state index in [9.17, 15) is 4.79 Å². The Bertz CT molecular complexity index is 564. The summed E-state index contributed by atoms with van der Waals surface area (Å²) >= 11 is 0. The molecule has 0 aromatic carbocycles. The van der Waals surface area contributed by atoms with E-state index in [0.29, 0.717) is 12.1 Å². The van der Waals surface area contributed by atoms with Gasteiger partial charge in [0.1, 0.15) is 0 Å². The van der Waals surface area contributed by atoms with Crippen LogP contribution in [0.5, 0.6) is 0 Å². The van der Waals surface area contributed by atoms with Crippen LogP contribution < -0.4 is 5.32 Å². The molecule has 0 aliphatic heterocycles. The molecule has 0 bridgehead atoms. The molecule has 0 saturated heterocycles. The molecule has 4 heteroatoms. The van der Waals surface area contributed by atoms with E-state index < -0.39 is 0 Å². The number of aryl methyl sites for hydroxylation is 2. The molecule has 2 aromatic heterocycles. The van der Waals surface area contributed by atoms with E-state index in [0.717, 1.165) is 23.2 Å². The van der Waals surface area contributed by atoms with Crippen molar-refractivity contribution in [1.29, 1.82) is 0 Å². The zero-order valence-corrected chi connectivity index (χ0v) is 11.2. The molecule has 0 fully saturated rings. The van der Waals surface area contributed by atoms with Crippen molar-refractivity contribution in [2.24, 2.45) is 0 Å². The quantitative estimate of drug-likeness (QED) is 0.911. The summed E-state index contributed by atoms with van der Waals surface area (Å²) in [7, 11) is 0. The average molecular weight is 255 g/mol. The molecule has 0 unspecified atom stereocenters. The van der Waals surface area contributed by atoms with Gasteiger partial charge in [0, 0.05) is 24.2 Å². The summed E-state index contributed by atoms with van der Waals surface area (Å²) in [6.45, 7) is 4.43. The Morgan fingerprint density at radius 1 is 1.26 bits per heavy atom. The van der Waals surface area contributed by atoms with Crippen molar-refractivity contribution < 1.29 is 4.79 Å². The van der Waals surface area contributed by atoms with Gasteiger partial charge in [0.2, 0.25) is 0 Å². The van der Waals surface area contributed by atoms with Gasteiger partial charge >= 0.3 is 0 Å². The third kappa shape index (κ3) is 3.37. The smallest absolute Gasteiger partial charge is 0.251 e. The van der Waals surface area contributed by atoms with Crippen molar-refractivity contribution in [2.45, 2.75) is 26.8 Å². The van der Waals surface area contributed by atoms with Gasteiger partial charge in [-0.2, -0.15) is 0 Å². The summed E-state index contributed by atoms with van der Waals surface area (Å²) in [4.78, 5) is 20.4. The van der Waals surface area contributed by atoms with Gasteiger partial charge < -0.3 is 5.32 Å². The lowest BCUT2D eigenvalue weighted by molar-refractivity contribution is 0.0949. The highest BCUT2D eigenvalue weighted by atomic mass is 16.1. The van der Waals surface area contributed by atoms with E-state index in [1.54, 1.807) is 24.7 Å². The molecule has 0 atom stereocenters. The standard InChI is InChI=1S/C15H17N3O/c1-3-12-9-16-7-6-14(12)15(19)18-10-13-5-4-11(2)8-17-13/h4-9H,3,10H2,1-2H3,(H,18,19). The zero-order valence-electron chi connectivity index (χ0n) is 11.2. The lowest BCUT2D eigenvalue weighted by Gasteiger charge is -2.08. The molecule has 4 nitrogen and oxygen atoms in total. The number of hydrogen-bond acceptors (Lipinski definition) is 3. The maximum absolute atomic E-state index is 12.1. The molecule has 1 N–H and O–H groups in total. The molecule has 0 saturated carbocycles. The van der Waals surface area contributed by atoms with Crippen LogP contribution in [0.25, 0.3) is 0 Å². The Labute approximate surface area is 112 Å². The van der Waals surface area contributed by atoms with E-state index in [1.165, 1.54) is 0 Å². The molecule has 2 heterocycles. The van der Waals surface area contributed by atoms with Crippen LogP contribution in [0.1, 0.15) is 34.1 Å². The van der Waals surface area contributed by atoms with Crippen LogP contribution in [0.15, 0.2) is 36.8 Å². The number of nitrogens with one attached hydrogen (secondary N) is 1. The largest absolute Gasteiger partial charge is 0.346 e. The predicted octanol–water partition coefficient (Wildman–Crippen LogP) is 2.28. The normalized spacial score (nSPS) is 10.2. The predicted molar refractivity (Wildman–Crippen MR) is 73.8 cm³/mol. The van der Waals surface area contributed by atoms with Crippen molar-refractivity contribution >= 4 is 5.91 Å². The Balaban J connectivity index is 2.03. The van der Waals surface area contributed by atoms with Crippen LogP contribution in [-0.2, 0) is 13.0 Å². The van der Waals surface area contributed by atoms with Gasteiger partial charge in [-0.1, -0.05) is 13.0 Å². The zero-order chi connectivity index (χ0) is 13.7. The third-order valence-corrected chi connectivity index (χ3v) is 2.93. The number of carbonyl (C=O) groups is 1.